The molecule has 3 aromatic rings. The van der Waals surface area contributed by atoms with Crippen molar-refractivity contribution in [1.82, 2.24) is 0 Å². The van der Waals surface area contributed by atoms with Gasteiger partial charge in [-0.1, -0.05) is 55.7 Å². The standard InChI is InChI=1S/C31H29N3O3/c35-30-27(29(31(36)37)32-34(30)26-9-5-2-6-10-26)20-21-11-16-28-24(19-21)17-18-33(28)25-14-12-23(13-15-25)22-7-3-1-4-8-22/h2,5-6,9-16,19-20,22H,1,3-4,7-8,17-18H2,(H,36,37). The number of amides is 1. The van der Waals surface area contributed by atoms with Crippen LogP contribution in [0.4, 0.5) is 17.1 Å². The molecular formula is C31H29N3O3. The quantitative estimate of drug-likeness (QED) is 0.425. The normalized spacial score (nSPS) is 18.9. The summed E-state index contributed by atoms with van der Waals surface area (Å²) >= 11 is 0. The number of carboxylic acids is 1. The zero-order chi connectivity index (χ0) is 25.4. The fourth-order valence-corrected chi connectivity index (χ4v) is 5.76. The average molecular weight is 492 g/mol. The van der Waals surface area contributed by atoms with E-state index in [2.05, 4.69) is 46.4 Å². The molecule has 1 amide bonds. The minimum atomic E-state index is -1.22. The smallest absolute Gasteiger partial charge is 0.357 e. The molecule has 37 heavy (non-hydrogen) atoms. The third kappa shape index (κ3) is 4.44. The lowest BCUT2D eigenvalue weighted by Gasteiger charge is -2.24. The van der Waals surface area contributed by atoms with Crippen molar-refractivity contribution < 1.29 is 14.7 Å². The SMILES string of the molecule is O=C(O)C1=NN(c2ccccc2)C(=O)C1=Cc1ccc2c(c1)CCN2c1ccc(C2CCCCC2)cc1. The van der Waals surface area contributed by atoms with Crippen LogP contribution in [0.1, 0.15) is 54.7 Å². The van der Waals surface area contributed by atoms with Gasteiger partial charge in [0.05, 0.1) is 11.3 Å². The summed E-state index contributed by atoms with van der Waals surface area (Å²) in [5.74, 6) is -0.967. The van der Waals surface area contributed by atoms with Gasteiger partial charge in [-0.15, -0.1) is 0 Å². The number of aliphatic carboxylic acids is 1. The lowest BCUT2D eigenvalue weighted by molar-refractivity contribution is -0.129. The number of nitrogens with zero attached hydrogens (tertiary/aromatic N) is 3. The van der Waals surface area contributed by atoms with Gasteiger partial charge >= 0.3 is 5.97 Å². The average Bonchev–Trinajstić information content (AvgIpc) is 3.51. The molecule has 6 rings (SSSR count). The lowest BCUT2D eigenvalue weighted by atomic mass is 9.84. The monoisotopic (exact) mass is 491 g/mol. The first-order valence-corrected chi connectivity index (χ1v) is 13.0. The molecule has 1 saturated carbocycles. The second-order valence-electron chi connectivity index (χ2n) is 9.98. The lowest BCUT2D eigenvalue weighted by Crippen LogP contribution is -2.22. The molecule has 0 radical (unpaired) electrons. The highest BCUT2D eigenvalue weighted by Gasteiger charge is 2.35. The second kappa shape index (κ2) is 9.69. The zero-order valence-electron chi connectivity index (χ0n) is 20.6. The van der Waals surface area contributed by atoms with E-state index in [9.17, 15) is 14.7 Å². The predicted molar refractivity (Wildman–Crippen MR) is 146 cm³/mol. The Hall–Kier alpha value is -4.19. The number of carbonyl (C=O) groups is 2. The topological polar surface area (TPSA) is 73.2 Å². The number of para-hydroxylation sites is 1. The van der Waals surface area contributed by atoms with E-state index in [4.69, 9.17) is 0 Å². The van der Waals surface area contributed by atoms with Gasteiger partial charge in [-0.3, -0.25) is 4.79 Å². The Kier molecular flexibility index (Phi) is 6.08. The Bertz CT molecular complexity index is 1400. The highest BCUT2D eigenvalue weighted by molar-refractivity contribution is 6.53. The summed E-state index contributed by atoms with van der Waals surface area (Å²) in [7, 11) is 0. The van der Waals surface area contributed by atoms with Crippen LogP contribution in [0.25, 0.3) is 6.08 Å². The van der Waals surface area contributed by atoms with E-state index >= 15 is 0 Å². The van der Waals surface area contributed by atoms with Gasteiger partial charge in [-0.2, -0.15) is 10.1 Å². The zero-order valence-corrected chi connectivity index (χ0v) is 20.6. The number of hydrazone groups is 1. The molecule has 6 nitrogen and oxygen atoms in total. The molecule has 0 atom stereocenters. The Morgan fingerprint density at radius 1 is 0.919 bits per heavy atom. The van der Waals surface area contributed by atoms with E-state index < -0.39 is 11.9 Å². The van der Waals surface area contributed by atoms with Crippen molar-refractivity contribution in [3.8, 4) is 0 Å². The molecule has 2 heterocycles. The van der Waals surface area contributed by atoms with Crippen LogP contribution in [0.15, 0.2) is 83.5 Å². The fraction of sp³-hybridized carbons (Fsp3) is 0.258. The number of hydrogen-bond acceptors (Lipinski definition) is 4. The molecule has 0 saturated heterocycles. The molecule has 1 aliphatic carbocycles. The van der Waals surface area contributed by atoms with E-state index in [0.29, 0.717) is 11.6 Å². The van der Waals surface area contributed by atoms with Crippen molar-refractivity contribution in [1.29, 1.82) is 0 Å². The molecule has 0 bridgehead atoms. The van der Waals surface area contributed by atoms with E-state index in [1.54, 1.807) is 30.3 Å². The second-order valence-corrected chi connectivity index (χ2v) is 9.98. The highest BCUT2D eigenvalue weighted by Crippen LogP contribution is 2.38. The van der Waals surface area contributed by atoms with E-state index in [1.165, 1.54) is 48.9 Å². The van der Waals surface area contributed by atoms with Crippen LogP contribution in [-0.2, 0) is 16.0 Å². The number of anilines is 3. The summed E-state index contributed by atoms with van der Waals surface area (Å²) in [5, 5.41) is 15.0. The Morgan fingerprint density at radius 2 is 1.68 bits per heavy atom. The molecule has 186 valence electrons. The molecule has 6 heteroatoms. The van der Waals surface area contributed by atoms with E-state index in [1.807, 2.05) is 12.1 Å². The third-order valence-electron chi connectivity index (χ3n) is 7.67. The predicted octanol–water partition coefficient (Wildman–Crippen LogP) is 6.30. The van der Waals surface area contributed by atoms with Gasteiger partial charge in [-0.05, 0) is 84.3 Å². The van der Waals surface area contributed by atoms with E-state index in [0.717, 1.165) is 29.2 Å². The summed E-state index contributed by atoms with van der Waals surface area (Å²) in [4.78, 5) is 27.3. The van der Waals surface area contributed by atoms with Crippen LogP contribution in [0.2, 0.25) is 0 Å². The van der Waals surface area contributed by atoms with Gasteiger partial charge < -0.3 is 10.0 Å². The molecule has 1 fully saturated rings. The van der Waals surface area contributed by atoms with Crippen molar-refractivity contribution >= 4 is 40.7 Å². The van der Waals surface area contributed by atoms with Crippen molar-refractivity contribution in [2.75, 3.05) is 16.5 Å². The van der Waals surface area contributed by atoms with Crippen molar-refractivity contribution in [2.24, 2.45) is 5.10 Å². The van der Waals surface area contributed by atoms with Crippen LogP contribution in [0.3, 0.4) is 0 Å². The van der Waals surface area contributed by atoms with Crippen LogP contribution >= 0.6 is 0 Å². The number of carbonyl (C=O) groups excluding carboxylic acids is 1. The number of carboxylic acid groups (broad SMARTS) is 1. The molecular weight excluding hydrogens is 462 g/mol. The number of rotatable bonds is 5. The Labute approximate surface area is 216 Å². The van der Waals surface area contributed by atoms with Crippen molar-refractivity contribution in [3.63, 3.8) is 0 Å². The highest BCUT2D eigenvalue weighted by atomic mass is 16.4. The van der Waals surface area contributed by atoms with Crippen LogP contribution in [-0.4, -0.2) is 29.2 Å². The number of hydrogen-bond donors (Lipinski definition) is 1. The maximum atomic E-state index is 13.1. The van der Waals surface area contributed by atoms with Gasteiger partial charge in [0.15, 0.2) is 5.71 Å². The Morgan fingerprint density at radius 3 is 2.41 bits per heavy atom. The minimum absolute atomic E-state index is 0.0875. The van der Waals surface area contributed by atoms with Gasteiger partial charge in [0, 0.05) is 17.9 Å². The fourth-order valence-electron chi connectivity index (χ4n) is 5.76. The summed E-state index contributed by atoms with van der Waals surface area (Å²) in [5.41, 5.74) is 6.15. The first kappa shape index (κ1) is 23.2. The number of fused-ring (bicyclic) bond motifs is 1. The Balaban J connectivity index is 1.25. The third-order valence-corrected chi connectivity index (χ3v) is 7.67. The number of benzene rings is 3. The molecule has 1 N–H and O–H groups in total. The van der Waals surface area contributed by atoms with Crippen molar-refractivity contribution in [3.05, 3.63) is 95.1 Å². The molecule has 0 spiro atoms. The van der Waals surface area contributed by atoms with Crippen molar-refractivity contribution in [2.45, 2.75) is 44.4 Å². The maximum Gasteiger partial charge on any atom is 0.357 e. The van der Waals surface area contributed by atoms with Crippen LogP contribution in [0, 0.1) is 0 Å². The largest absolute Gasteiger partial charge is 0.476 e. The molecule has 3 aliphatic rings. The van der Waals surface area contributed by atoms with Crippen LogP contribution in [0.5, 0.6) is 0 Å². The van der Waals surface area contributed by atoms with Gasteiger partial charge in [0.1, 0.15) is 0 Å². The van der Waals surface area contributed by atoms with Gasteiger partial charge in [0.2, 0.25) is 0 Å². The summed E-state index contributed by atoms with van der Waals surface area (Å²) < 4.78 is 0. The molecule has 3 aromatic carbocycles. The molecule has 0 unspecified atom stereocenters. The van der Waals surface area contributed by atoms with Gasteiger partial charge in [-0.25, -0.2) is 4.79 Å². The van der Waals surface area contributed by atoms with Gasteiger partial charge in [0.25, 0.3) is 5.91 Å². The van der Waals surface area contributed by atoms with E-state index in [-0.39, 0.29) is 11.3 Å². The molecule has 0 aromatic heterocycles. The maximum absolute atomic E-state index is 13.1. The summed E-state index contributed by atoms with van der Waals surface area (Å²) in [6.45, 7) is 0.890. The summed E-state index contributed by atoms with van der Waals surface area (Å²) in [6.07, 6.45) is 9.15. The first-order valence-electron chi connectivity index (χ1n) is 13.0. The van der Waals surface area contributed by atoms with Crippen LogP contribution < -0.4 is 9.91 Å². The summed E-state index contributed by atoms with van der Waals surface area (Å²) in [6, 6.07) is 24.0. The molecule has 2 aliphatic heterocycles. The minimum Gasteiger partial charge on any atom is -0.476 e. The first-order chi connectivity index (χ1) is 18.1.